The van der Waals surface area contributed by atoms with Gasteiger partial charge in [-0.1, -0.05) is 0 Å². The van der Waals surface area contributed by atoms with Crippen LogP contribution in [0.2, 0.25) is 0 Å². The molecule has 1 unspecified atom stereocenters. The fraction of sp³-hybridized carbons (Fsp3) is 0.556. The number of fused-ring (bicyclic) bond motifs is 1. The molecule has 1 atom stereocenters. The van der Waals surface area contributed by atoms with Crippen LogP contribution in [0.1, 0.15) is 19.3 Å². The molecule has 2 aromatic heterocycles. The van der Waals surface area contributed by atoms with Crippen LogP contribution in [0.15, 0.2) is 24.5 Å². The molecule has 0 saturated carbocycles. The van der Waals surface area contributed by atoms with Crippen molar-refractivity contribution in [2.45, 2.75) is 25.3 Å². The summed E-state index contributed by atoms with van der Waals surface area (Å²) in [5, 5.41) is 0. The first-order chi connectivity index (χ1) is 11.8. The first kappa shape index (κ1) is 15.7. The molecule has 0 spiro atoms. The molecule has 2 saturated heterocycles. The third-order valence-electron chi connectivity index (χ3n) is 5.03. The zero-order chi connectivity index (χ0) is 16.4. The Hall–Kier alpha value is -1.79. The highest BCUT2D eigenvalue weighted by molar-refractivity contribution is 5.87. The predicted molar refractivity (Wildman–Crippen MR) is 91.7 cm³/mol. The Balaban J connectivity index is 1.62. The van der Waals surface area contributed by atoms with E-state index in [2.05, 4.69) is 19.8 Å². The molecule has 6 heteroatoms. The number of anilines is 1. The summed E-state index contributed by atoms with van der Waals surface area (Å²) >= 11 is 0. The van der Waals surface area contributed by atoms with Gasteiger partial charge in [0.2, 0.25) is 0 Å². The molecule has 2 aromatic rings. The Kier molecular flexibility index (Phi) is 4.58. The van der Waals surface area contributed by atoms with Crippen molar-refractivity contribution >= 4 is 16.7 Å². The lowest BCUT2D eigenvalue weighted by Crippen LogP contribution is -2.49. The minimum absolute atomic E-state index is 0.337. The summed E-state index contributed by atoms with van der Waals surface area (Å²) in [5.74, 6) is -0.337. The SMILES string of the molecule is Fc1cnc2c(N3CCCCC3CN3CCOCC3)ccnc2c1. The van der Waals surface area contributed by atoms with Gasteiger partial charge in [0.15, 0.2) is 0 Å². The number of pyridine rings is 2. The number of ether oxygens (including phenoxy) is 1. The molecule has 5 nitrogen and oxygen atoms in total. The maximum Gasteiger partial charge on any atom is 0.143 e. The standard InChI is InChI=1S/C18H23FN4O/c19-14-11-16-18(21-12-14)17(4-5-20-16)23-6-2-1-3-15(23)13-22-7-9-24-10-8-22/h4-5,11-12,15H,1-3,6-10,13H2. The van der Waals surface area contributed by atoms with Crippen LogP contribution in [0, 0.1) is 5.82 Å². The van der Waals surface area contributed by atoms with Crippen LogP contribution in [-0.2, 0) is 4.74 Å². The smallest absolute Gasteiger partial charge is 0.143 e. The van der Waals surface area contributed by atoms with E-state index in [4.69, 9.17) is 4.74 Å². The monoisotopic (exact) mass is 330 g/mol. The fourth-order valence-electron chi connectivity index (χ4n) is 3.81. The van der Waals surface area contributed by atoms with Crippen molar-refractivity contribution in [1.82, 2.24) is 14.9 Å². The van der Waals surface area contributed by atoms with Gasteiger partial charge in [-0.25, -0.2) is 9.37 Å². The number of nitrogens with zero attached hydrogens (tertiary/aromatic N) is 4. The maximum atomic E-state index is 13.5. The largest absolute Gasteiger partial charge is 0.379 e. The number of morpholine rings is 1. The third-order valence-corrected chi connectivity index (χ3v) is 5.03. The topological polar surface area (TPSA) is 41.5 Å². The minimum atomic E-state index is -0.337. The lowest BCUT2D eigenvalue weighted by molar-refractivity contribution is 0.0339. The number of rotatable bonds is 3. The first-order valence-electron chi connectivity index (χ1n) is 8.78. The molecule has 4 heterocycles. The second-order valence-electron chi connectivity index (χ2n) is 6.61. The van der Waals surface area contributed by atoms with Crippen molar-refractivity contribution in [3.63, 3.8) is 0 Å². The molecule has 0 amide bonds. The molecule has 128 valence electrons. The van der Waals surface area contributed by atoms with Crippen LogP contribution in [0.3, 0.4) is 0 Å². The molecule has 0 bridgehead atoms. The lowest BCUT2D eigenvalue weighted by Gasteiger charge is -2.41. The second kappa shape index (κ2) is 6.99. The highest BCUT2D eigenvalue weighted by Crippen LogP contribution is 2.30. The van der Waals surface area contributed by atoms with E-state index in [-0.39, 0.29) is 5.82 Å². The van der Waals surface area contributed by atoms with Crippen LogP contribution in [0.5, 0.6) is 0 Å². The van der Waals surface area contributed by atoms with Crippen LogP contribution in [-0.4, -0.2) is 60.3 Å². The molecule has 2 aliphatic heterocycles. The summed E-state index contributed by atoms with van der Waals surface area (Å²) in [6.45, 7) is 5.73. The highest BCUT2D eigenvalue weighted by atomic mass is 19.1. The molecule has 2 fully saturated rings. The lowest BCUT2D eigenvalue weighted by atomic mass is 10.00. The van der Waals surface area contributed by atoms with Gasteiger partial charge >= 0.3 is 0 Å². The Morgan fingerprint density at radius 2 is 2.04 bits per heavy atom. The van der Waals surface area contributed by atoms with E-state index in [1.807, 2.05) is 6.07 Å². The van der Waals surface area contributed by atoms with Gasteiger partial charge in [0.25, 0.3) is 0 Å². The zero-order valence-electron chi connectivity index (χ0n) is 13.8. The Morgan fingerprint density at radius 3 is 2.92 bits per heavy atom. The average Bonchev–Trinajstić information content (AvgIpc) is 2.62. The van der Waals surface area contributed by atoms with Crippen LogP contribution >= 0.6 is 0 Å². The Bertz CT molecular complexity index is 704. The molecule has 2 aliphatic rings. The summed E-state index contributed by atoms with van der Waals surface area (Å²) in [4.78, 5) is 13.5. The predicted octanol–water partition coefficient (Wildman–Crippen LogP) is 2.46. The van der Waals surface area contributed by atoms with E-state index in [1.165, 1.54) is 31.5 Å². The van der Waals surface area contributed by atoms with Crippen molar-refractivity contribution in [2.75, 3.05) is 44.3 Å². The average molecular weight is 330 g/mol. The van der Waals surface area contributed by atoms with Gasteiger partial charge in [-0.3, -0.25) is 9.88 Å². The van der Waals surface area contributed by atoms with E-state index >= 15 is 0 Å². The van der Waals surface area contributed by atoms with Crippen molar-refractivity contribution in [2.24, 2.45) is 0 Å². The zero-order valence-corrected chi connectivity index (χ0v) is 13.8. The van der Waals surface area contributed by atoms with E-state index < -0.39 is 0 Å². The molecular weight excluding hydrogens is 307 g/mol. The Labute approximate surface area is 141 Å². The van der Waals surface area contributed by atoms with Crippen LogP contribution < -0.4 is 4.90 Å². The quantitative estimate of drug-likeness (QED) is 0.865. The maximum absolute atomic E-state index is 13.5. The molecule has 4 rings (SSSR count). The van der Waals surface area contributed by atoms with Gasteiger partial charge in [0, 0.05) is 44.5 Å². The van der Waals surface area contributed by atoms with E-state index in [0.717, 1.165) is 50.6 Å². The molecular formula is C18H23FN4O. The number of piperidine rings is 1. The number of aromatic nitrogens is 2. The molecule has 0 aliphatic carbocycles. The van der Waals surface area contributed by atoms with Crippen molar-refractivity contribution in [3.05, 3.63) is 30.3 Å². The van der Waals surface area contributed by atoms with E-state index in [0.29, 0.717) is 11.6 Å². The molecule has 0 N–H and O–H groups in total. The second-order valence-corrected chi connectivity index (χ2v) is 6.61. The van der Waals surface area contributed by atoms with Crippen molar-refractivity contribution in [1.29, 1.82) is 0 Å². The van der Waals surface area contributed by atoms with Crippen molar-refractivity contribution in [3.8, 4) is 0 Å². The van der Waals surface area contributed by atoms with Crippen LogP contribution in [0.25, 0.3) is 11.0 Å². The van der Waals surface area contributed by atoms with Gasteiger partial charge in [-0.05, 0) is 25.3 Å². The number of hydrogen-bond acceptors (Lipinski definition) is 5. The molecule has 0 radical (unpaired) electrons. The molecule has 0 aromatic carbocycles. The van der Waals surface area contributed by atoms with Crippen LogP contribution in [0.4, 0.5) is 10.1 Å². The normalized spacial score (nSPS) is 22.9. The number of hydrogen-bond donors (Lipinski definition) is 0. The van der Waals surface area contributed by atoms with E-state index in [9.17, 15) is 4.39 Å². The summed E-state index contributed by atoms with van der Waals surface area (Å²) in [7, 11) is 0. The van der Waals surface area contributed by atoms with Gasteiger partial charge in [-0.15, -0.1) is 0 Å². The first-order valence-corrected chi connectivity index (χ1v) is 8.78. The van der Waals surface area contributed by atoms with Gasteiger partial charge < -0.3 is 9.64 Å². The number of halogens is 1. The molecule has 24 heavy (non-hydrogen) atoms. The highest BCUT2D eigenvalue weighted by Gasteiger charge is 2.27. The summed E-state index contributed by atoms with van der Waals surface area (Å²) < 4.78 is 18.9. The van der Waals surface area contributed by atoms with E-state index in [1.54, 1.807) is 6.20 Å². The summed E-state index contributed by atoms with van der Waals surface area (Å²) in [6.07, 6.45) is 6.68. The Morgan fingerprint density at radius 1 is 1.17 bits per heavy atom. The third kappa shape index (κ3) is 3.21. The van der Waals surface area contributed by atoms with Crippen molar-refractivity contribution < 1.29 is 9.13 Å². The van der Waals surface area contributed by atoms with Gasteiger partial charge in [0.05, 0.1) is 30.6 Å². The minimum Gasteiger partial charge on any atom is -0.379 e. The van der Waals surface area contributed by atoms with Gasteiger partial charge in [-0.2, -0.15) is 0 Å². The fourth-order valence-corrected chi connectivity index (χ4v) is 3.81. The summed E-state index contributed by atoms with van der Waals surface area (Å²) in [5.41, 5.74) is 2.51. The summed E-state index contributed by atoms with van der Waals surface area (Å²) in [6, 6.07) is 3.95. The van der Waals surface area contributed by atoms with Gasteiger partial charge in [0.1, 0.15) is 11.3 Å².